The third kappa shape index (κ3) is 2.65. The normalized spacial score (nSPS) is 13.9. The van der Waals surface area contributed by atoms with Crippen LogP contribution in [0.25, 0.3) is 0 Å². The number of rotatable bonds is 5. The fourth-order valence-electron chi connectivity index (χ4n) is 1.70. The number of ether oxygens (including phenoxy) is 1. The average Bonchev–Trinajstić information content (AvgIpc) is 2.31. The van der Waals surface area contributed by atoms with Crippen molar-refractivity contribution >= 4 is 11.8 Å². The zero-order valence-electron chi connectivity index (χ0n) is 10.7. The second-order valence-corrected chi connectivity index (χ2v) is 3.96. The Morgan fingerprint density at radius 1 is 1.56 bits per heavy atom. The van der Waals surface area contributed by atoms with Crippen LogP contribution in [0, 0.1) is 6.92 Å². The van der Waals surface area contributed by atoms with Crippen LogP contribution < -0.4 is 5.73 Å². The Morgan fingerprint density at radius 3 is 2.61 bits per heavy atom. The second kappa shape index (κ2) is 5.59. The van der Waals surface area contributed by atoms with E-state index in [1.807, 2.05) is 6.92 Å². The van der Waals surface area contributed by atoms with Gasteiger partial charge in [0.15, 0.2) is 5.82 Å². The van der Waals surface area contributed by atoms with Crippen molar-refractivity contribution in [2.45, 2.75) is 25.9 Å². The van der Waals surface area contributed by atoms with Crippen molar-refractivity contribution in [1.29, 1.82) is 0 Å². The van der Waals surface area contributed by atoms with E-state index in [0.29, 0.717) is 11.4 Å². The summed E-state index contributed by atoms with van der Waals surface area (Å²) >= 11 is 0. The number of nitrogens with zero attached hydrogens (tertiary/aromatic N) is 2. The van der Waals surface area contributed by atoms with Gasteiger partial charge >= 0.3 is 5.97 Å². The van der Waals surface area contributed by atoms with E-state index in [-0.39, 0.29) is 23.5 Å². The molecular formula is C12H18N3O3+. The van der Waals surface area contributed by atoms with Crippen LogP contribution in [0.5, 0.6) is 0 Å². The zero-order chi connectivity index (χ0) is 13.9. The lowest BCUT2D eigenvalue weighted by molar-refractivity contribution is 0.0689. The van der Waals surface area contributed by atoms with Gasteiger partial charge in [0, 0.05) is 13.0 Å². The number of carbonyl (C=O) groups is 1. The van der Waals surface area contributed by atoms with E-state index < -0.39 is 5.97 Å². The minimum absolute atomic E-state index is 0.0240. The largest absolute Gasteiger partial charge is 0.571 e. The van der Waals surface area contributed by atoms with Gasteiger partial charge in [-0.25, -0.2) is 9.97 Å². The van der Waals surface area contributed by atoms with Gasteiger partial charge in [-0.3, -0.25) is 0 Å². The number of aromatic nitrogens is 2. The lowest BCUT2D eigenvalue weighted by Gasteiger charge is -2.20. The molecular weight excluding hydrogens is 234 g/mol. The highest BCUT2D eigenvalue weighted by atomic mass is 16.5. The van der Waals surface area contributed by atoms with Gasteiger partial charge in [-0.15, -0.1) is 6.58 Å². The molecule has 1 aromatic heterocycles. The Morgan fingerprint density at radius 2 is 2.17 bits per heavy atom. The molecule has 0 amide bonds. The fraction of sp³-hybridized carbons (Fsp3) is 0.417. The number of methoxy groups -OCH3 is 1. The molecule has 0 fully saturated rings. The van der Waals surface area contributed by atoms with E-state index in [1.54, 1.807) is 20.1 Å². The molecule has 98 valence electrons. The Bertz CT molecular complexity index is 474. The minimum atomic E-state index is -0.950. The summed E-state index contributed by atoms with van der Waals surface area (Å²) in [6.45, 7) is 7.35. The molecule has 18 heavy (non-hydrogen) atoms. The summed E-state index contributed by atoms with van der Waals surface area (Å²) in [5.41, 5.74) is 6.60. The van der Waals surface area contributed by atoms with Crippen molar-refractivity contribution in [2.75, 3.05) is 12.8 Å². The lowest BCUT2D eigenvalue weighted by Crippen LogP contribution is -2.21. The van der Waals surface area contributed by atoms with Crippen molar-refractivity contribution in [3.05, 3.63) is 29.7 Å². The summed E-state index contributed by atoms with van der Waals surface area (Å²) in [5.74, 6) is -1.18. The molecule has 6 nitrogen and oxygen atoms in total. The molecule has 0 aliphatic rings. The highest BCUT2D eigenvalue weighted by Crippen LogP contribution is 2.24. The van der Waals surface area contributed by atoms with Gasteiger partial charge in [-0.2, -0.15) is 0 Å². The molecule has 1 aromatic rings. The Labute approximate surface area is 106 Å². The maximum absolute atomic E-state index is 11.1. The van der Waals surface area contributed by atoms with E-state index in [0.717, 1.165) is 0 Å². The van der Waals surface area contributed by atoms with Crippen LogP contribution in [0.4, 0.5) is 5.82 Å². The SMILES string of the molecule is C=CC(c1nc(C(=O)[OH2+])c(N)nc1C)[C@H](C)OC. The Hall–Kier alpha value is -1.95. The molecule has 1 heterocycles. The van der Waals surface area contributed by atoms with Crippen molar-refractivity contribution < 1.29 is 14.6 Å². The van der Waals surface area contributed by atoms with Gasteiger partial charge in [-0.05, 0) is 13.8 Å². The number of carbonyl (C=O) groups excluding carboxylic acids is 1. The standard InChI is InChI=1S/C12H17N3O3/c1-5-8(7(3)18-4)9-6(2)14-11(13)10(15-9)12(16)17/h5,7-8H,1H2,2-4H3,(H2,13,14)(H,16,17)/p+1/t7-,8?/m0/s1. The van der Waals surface area contributed by atoms with E-state index in [4.69, 9.17) is 15.6 Å². The van der Waals surface area contributed by atoms with E-state index in [2.05, 4.69) is 16.5 Å². The summed E-state index contributed by atoms with van der Waals surface area (Å²) in [4.78, 5) is 19.3. The summed E-state index contributed by atoms with van der Waals surface area (Å²) in [5, 5.41) is 7.10. The van der Waals surface area contributed by atoms with Crippen LogP contribution in [0.3, 0.4) is 0 Å². The molecule has 6 heteroatoms. The number of nitrogens with two attached hydrogens (primary N) is 1. The summed E-state index contributed by atoms with van der Waals surface area (Å²) in [6.07, 6.45) is 1.52. The molecule has 0 saturated carbocycles. The first-order chi connectivity index (χ1) is 8.42. The maximum Gasteiger partial charge on any atom is 0.571 e. The molecule has 0 saturated heterocycles. The van der Waals surface area contributed by atoms with E-state index in [9.17, 15) is 4.79 Å². The quantitative estimate of drug-likeness (QED) is 0.608. The molecule has 2 atom stereocenters. The number of hydrogen-bond acceptors (Lipinski definition) is 5. The van der Waals surface area contributed by atoms with Crippen molar-refractivity contribution in [1.82, 2.24) is 9.97 Å². The number of aryl methyl sites for hydroxylation is 1. The van der Waals surface area contributed by atoms with Crippen molar-refractivity contribution in [3.8, 4) is 0 Å². The van der Waals surface area contributed by atoms with Gasteiger partial charge in [0.2, 0.25) is 0 Å². The Kier molecular flexibility index (Phi) is 4.38. The van der Waals surface area contributed by atoms with Gasteiger partial charge < -0.3 is 15.6 Å². The van der Waals surface area contributed by atoms with E-state index in [1.165, 1.54) is 0 Å². The monoisotopic (exact) mass is 252 g/mol. The Balaban J connectivity index is 3.34. The van der Waals surface area contributed by atoms with Gasteiger partial charge in [0.25, 0.3) is 5.69 Å². The van der Waals surface area contributed by atoms with Crippen LogP contribution >= 0.6 is 0 Å². The average molecular weight is 252 g/mol. The topological polar surface area (TPSA) is 101 Å². The highest BCUT2D eigenvalue weighted by Gasteiger charge is 2.26. The lowest BCUT2D eigenvalue weighted by atomic mass is 9.97. The smallest absolute Gasteiger partial charge is 0.560 e. The third-order valence-electron chi connectivity index (χ3n) is 2.80. The van der Waals surface area contributed by atoms with Crippen LogP contribution in [0.2, 0.25) is 0 Å². The van der Waals surface area contributed by atoms with Crippen molar-refractivity contribution in [2.24, 2.45) is 0 Å². The fourth-order valence-corrected chi connectivity index (χ4v) is 1.70. The molecule has 0 radical (unpaired) electrons. The first kappa shape index (κ1) is 14.1. The molecule has 0 bridgehead atoms. The third-order valence-corrected chi connectivity index (χ3v) is 2.80. The summed E-state index contributed by atoms with van der Waals surface area (Å²) < 4.78 is 5.24. The number of anilines is 1. The second-order valence-electron chi connectivity index (χ2n) is 3.96. The molecule has 1 unspecified atom stereocenters. The van der Waals surface area contributed by atoms with Gasteiger partial charge in [-0.1, -0.05) is 6.08 Å². The van der Waals surface area contributed by atoms with Gasteiger partial charge in [0.1, 0.15) is 0 Å². The first-order valence-electron chi connectivity index (χ1n) is 5.47. The molecule has 0 aliphatic heterocycles. The van der Waals surface area contributed by atoms with Crippen LogP contribution in [0.1, 0.15) is 34.7 Å². The van der Waals surface area contributed by atoms with E-state index >= 15 is 0 Å². The number of hydrogen-bond donors (Lipinski definition) is 1. The predicted molar refractivity (Wildman–Crippen MR) is 68.5 cm³/mol. The maximum atomic E-state index is 11.1. The number of nitrogen functional groups attached to an aromatic ring is 1. The predicted octanol–water partition coefficient (Wildman–Crippen LogP) is 0.537. The molecule has 0 aromatic carbocycles. The summed E-state index contributed by atoms with van der Waals surface area (Å²) in [6, 6.07) is 0. The molecule has 0 spiro atoms. The highest BCUT2D eigenvalue weighted by molar-refractivity contribution is 5.90. The van der Waals surface area contributed by atoms with Crippen LogP contribution in [-0.2, 0) is 4.74 Å². The van der Waals surface area contributed by atoms with Crippen LogP contribution in [-0.4, -0.2) is 34.3 Å². The van der Waals surface area contributed by atoms with Crippen molar-refractivity contribution in [3.63, 3.8) is 0 Å². The summed E-state index contributed by atoms with van der Waals surface area (Å²) in [7, 11) is 1.58. The van der Waals surface area contributed by atoms with Gasteiger partial charge in [0.05, 0.1) is 22.3 Å². The zero-order valence-corrected chi connectivity index (χ0v) is 10.7. The van der Waals surface area contributed by atoms with Crippen LogP contribution in [0.15, 0.2) is 12.7 Å². The molecule has 4 N–H and O–H groups in total. The molecule has 0 aliphatic carbocycles. The molecule has 1 rings (SSSR count). The minimum Gasteiger partial charge on any atom is -0.560 e. The first-order valence-corrected chi connectivity index (χ1v) is 5.47.